The molecule has 162 valence electrons. The summed E-state index contributed by atoms with van der Waals surface area (Å²) in [7, 11) is 0. The molecule has 1 N–H and O–H groups in total. The van der Waals surface area contributed by atoms with Crippen molar-refractivity contribution in [3.63, 3.8) is 0 Å². The van der Waals surface area contributed by atoms with Crippen molar-refractivity contribution in [1.29, 1.82) is 0 Å². The SMILES string of the molecule is CCOC(=O)C[C@H](NCc1ccccc1)[C@H]1COC(C)(C)N1C(=O)OC(C)(C)C. The lowest BCUT2D eigenvalue weighted by molar-refractivity contribution is -0.144. The fraction of sp³-hybridized carbons (Fsp3) is 0.636. The van der Waals surface area contributed by atoms with Gasteiger partial charge in [-0.25, -0.2) is 4.79 Å². The van der Waals surface area contributed by atoms with Gasteiger partial charge in [0, 0.05) is 12.6 Å². The zero-order valence-corrected chi connectivity index (χ0v) is 18.4. The smallest absolute Gasteiger partial charge is 0.412 e. The van der Waals surface area contributed by atoms with Gasteiger partial charge in [-0.1, -0.05) is 30.3 Å². The van der Waals surface area contributed by atoms with E-state index in [1.165, 1.54) is 0 Å². The molecular weight excluding hydrogens is 372 g/mol. The highest BCUT2D eigenvalue weighted by atomic mass is 16.6. The normalized spacial score (nSPS) is 19.7. The van der Waals surface area contributed by atoms with Crippen molar-refractivity contribution >= 4 is 12.1 Å². The van der Waals surface area contributed by atoms with E-state index in [0.717, 1.165) is 5.56 Å². The predicted molar refractivity (Wildman–Crippen MR) is 110 cm³/mol. The minimum atomic E-state index is -0.839. The van der Waals surface area contributed by atoms with Gasteiger partial charge < -0.3 is 19.5 Å². The first-order valence-electron chi connectivity index (χ1n) is 10.1. The molecule has 1 aliphatic heterocycles. The molecule has 7 heteroatoms. The highest BCUT2D eigenvalue weighted by Gasteiger charge is 2.48. The number of hydrogen-bond donors (Lipinski definition) is 1. The second kappa shape index (κ2) is 9.59. The van der Waals surface area contributed by atoms with Crippen molar-refractivity contribution < 1.29 is 23.8 Å². The monoisotopic (exact) mass is 406 g/mol. The molecule has 7 nitrogen and oxygen atoms in total. The second-order valence-corrected chi connectivity index (χ2v) is 8.66. The van der Waals surface area contributed by atoms with Gasteiger partial charge in [0.25, 0.3) is 0 Å². The molecule has 1 heterocycles. The number of carbonyl (C=O) groups is 2. The van der Waals surface area contributed by atoms with Crippen molar-refractivity contribution in [2.24, 2.45) is 0 Å². The predicted octanol–water partition coefficient (Wildman–Crippen LogP) is 3.47. The van der Waals surface area contributed by atoms with Crippen molar-refractivity contribution in [1.82, 2.24) is 10.2 Å². The molecule has 0 saturated carbocycles. The first kappa shape index (κ1) is 23.2. The molecule has 1 aromatic rings. The fourth-order valence-corrected chi connectivity index (χ4v) is 3.38. The van der Waals surface area contributed by atoms with E-state index in [0.29, 0.717) is 19.8 Å². The molecule has 1 amide bonds. The number of benzene rings is 1. The molecular formula is C22H34N2O5. The molecule has 1 aromatic carbocycles. The third kappa shape index (κ3) is 6.72. The minimum absolute atomic E-state index is 0.129. The molecule has 0 aliphatic carbocycles. The molecule has 1 fully saturated rings. The van der Waals surface area contributed by atoms with E-state index >= 15 is 0 Å². The van der Waals surface area contributed by atoms with Crippen LogP contribution in [0.3, 0.4) is 0 Å². The topological polar surface area (TPSA) is 77.1 Å². The quantitative estimate of drug-likeness (QED) is 0.699. The van der Waals surface area contributed by atoms with Crippen LogP contribution in [0.15, 0.2) is 30.3 Å². The van der Waals surface area contributed by atoms with E-state index in [4.69, 9.17) is 14.2 Å². The minimum Gasteiger partial charge on any atom is -0.466 e. The first-order chi connectivity index (χ1) is 13.5. The lowest BCUT2D eigenvalue weighted by atomic mass is 10.0. The van der Waals surface area contributed by atoms with Gasteiger partial charge in [0.05, 0.1) is 25.7 Å². The Balaban J connectivity index is 2.23. The maximum absolute atomic E-state index is 13.0. The summed E-state index contributed by atoms with van der Waals surface area (Å²) in [5.41, 5.74) is -0.383. The summed E-state index contributed by atoms with van der Waals surface area (Å²) in [6.07, 6.45) is -0.329. The van der Waals surface area contributed by atoms with Gasteiger partial charge in [-0.3, -0.25) is 9.69 Å². The van der Waals surface area contributed by atoms with Gasteiger partial charge in [-0.15, -0.1) is 0 Å². The Morgan fingerprint density at radius 2 is 1.93 bits per heavy atom. The van der Waals surface area contributed by atoms with Crippen LogP contribution in [-0.2, 0) is 25.5 Å². The van der Waals surface area contributed by atoms with Gasteiger partial charge in [0.2, 0.25) is 0 Å². The van der Waals surface area contributed by atoms with Gasteiger partial charge in [-0.2, -0.15) is 0 Å². The maximum Gasteiger partial charge on any atom is 0.412 e. The van der Waals surface area contributed by atoms with E-state index in [2.05, 4.69) is 5.32 Å². The van der Waals surface area contributed by atoms with E-state index in [1.54, 1.807) is 11.8 Å². The highest BCUT2D eigenvalue weighted by molar-refractivity contribution is 5.72. The molecule has 2 atom stereocenters. The summed E-state index contributed by atoms with van der Waals surface area (Å²) >= 11 is 0. The van der Waals surface area contributed by atoms with Crippen molar-refractivity contribution in [2.45, 2.75) is 77.9 Å². The van der Waals surface area contributed by atoms with Crippen molar-refractivity contribution in [3.05, 3.63) is 35.9 Å². The van der Waals surface area contributed by atoms with E-state index in [-0.39, 0.29) is 24.5 Å². The van der Waals surface area contributed by atoms with Crippen molar-refractivity contribution in [2.75, 3.05) is 13.2 Å². The van der Waals surface area contributed by atoms with Crippen molar-refractivity contribution in [3.8, 4) is 0 Å². The molecule has 1 saturated heterocycles. The number of carbonyl (C=O) groups excluding carboxylic acids is 2. The van der Waals surface area contributed by atoms with Crippen LogP contribution >= 0.6 is 0 Å². The van der Waals surface area contributed by atoms with Crippen LogP contribution in [0.4, 0.5) is 4.79 Å². The maximum atomic E-state index is 13.0. The van der Waals surface area contributed by atoms with Crippen LogP contribution in [0.5, 0.6) is 0 Å². The summed E-state index contributed by atoms with van der Waals surface area (Å²) in [5.74, 6) is -0.313. The Morgan fingerprint density at radius 3 is 2.52 bits per heavy atom. The molecule has 0 spiro atoms. The number of amides is 1. The molecule has 29 heavy (non-hydrogen) atoms. The number of nitrogens with zero attached hydrogens (tertiary/aromatic N) is 1. The summed E-state index contributed by atoms with van der Waals surface area (Å²) in [4.78, 5) is 26.8. The Labute approximate surface area is 173 Å². The van der Waals surface area contributed by atoms with Crippen LogP contribution in [0, 0.1) is 0 Å². The van der Waals surface area contributed by atoms with Crippen LogP contribution in [0.25, 0.3) is 0 Å². The summed E-state index contributed by atoms with van der Waals surface area (Å²) < 4.78 is 16.7. The van der Waals surface area contributed by atoms with Crippen LogP contribution in [-0.4, -0.2) is 53.6 Å². The summed E-state index contributed by atoms with van der Waals surface area (Å²) in [6, 6.07) is 9.19. The number of rotatable bonds is 7. The lowest BCUT2D eigenvalue weighted by Gasteiger charge is -2.37. The molecule has 0 radical (unpaired) electrons. The third-order valence-corrected chi connectivity index (χ3v) is 4.68. The molecule has 0 unspecified atom stereocenters. The highest BCUT2D eigenvalue weighted by Crippen LogP contribution is 2.32. The largest absolute Gasteiger partial charge is 0.466 e. The zero-order valence-electron chi connectivity index (χ0n) is 18.4. The van der Waals surface area contributed by atoms with Crippen LogP contribution in [0.1, 0.15) is 53.5 Å². The molecule has 2 rings (SSSR count). The number of esters is 1. The fourth-order valence-electron chi connectivity index (χ4n) is 3.38. The average Bonchev–Trinajstić information content (AvgIpc) is 2.93. The van der Waals surface area contributed by atoms with Crippen LogP contribution < -0.4 is 5.32 Å². The van der Waals surface area contributed by atoms with E-state index < -0.39 is 17.4 Å². The number of ether oxygens (including phenoxy) is 3. The van der Waals surface area contributed by atoms with E-state index in [9.17, 15) is 9.59 Å². The van der Waals surface area contributed by atoms with Gasteiger partial charge in [-0.05, 0) is 47.1 Å². The third-order valence-electron chi connectivity index (χ3n) is 4.68. The summed E-state index contributed by atoms with van der Waals surface area (Å²) in [5, 5.41) is 3.42. The molecule has 0 aromatic heterocycles. The van der Waals surface area contributed by atoms with Gasteiger partial charge in [0.1, 0.15) is 11.3 Å². The Bertz CT molecular complexity index is 684. The number of hydrogen-bond acceptors (Lipinski definition) is 6. The van der Waals surface area contributed by atoms with E-state index in [1.807, 2.05) is 65.0 Å². The molecule has 1 aliphatic rings. The summed E-state index contributed by atoms with van der Waals surface area (Å²) in [6.45, 7) is 12.1. The Morgan fingerprint density at radius 1 is 1.28 bits per heavy atom. The first-order valence-corrected chi connectivity index (χ1v) is 10.1. The number of nitrogens with one attached hydrogen (secondary N) is 1. The second-order valence-electron chi connectivity index (χ2n) is 8.66. The average molecular weight is 407 g/mol. The standard InChI is InChI=1S/C22H34N2O5/c1-7-27-19(25)13-17(23-14-16-11-9-8-10-12-16)18-15-28-22(5,6)24(18)20(26)29-21(2,3)4/h8-12,17-18,23H,7,13-15H2,1-6H3/t17-,18+/m0/s1. The van der Waals surface area contributed by atoms with Crippen LogP contribution in [0.2, 0.25) is 0 Å². The lowest BCUT2D eigenvalue weighted by Crippen LogP contribution is -2.56. The Kier molecular flexibility index (Phi) is 7.66. The van der Waals surface area contributed by atoms with Gasteiger partial charge >= 0.3 is 12.1 Å². The Hall–Kier alpha value is -2.12. The van der Waals surface area contributed by atoms with Gasteiger partial charge in [0.15, 0.2) is 0 Å². The molecule has 0 bridgehead atoms. The zero-order chi connectivity index (χ0) is 21.7.